The minimum absolute atomic E-state index is 0.00261. The molecule has 1 saturated heterocycles. The normalized spacial score (nSPS) is 19.7. The molecular formula is C20H24N2O3. The lowest BCUT2D eigenvalue weighted by atomic mass is 10.1. The molecule has 0 spiro atoms. The number of carbonyl (C=O) groups excluding carboxylic acids is 1. The van der Waals surface area contributed by atoms with E-state index >= 15 is 0 Å². The van der Waals surface area contributed by atoms with Crippen LogP contribution in [0.3, 0.4) is 0 Å². The van der Waals surface area contributed by atoms with E-state index in [4.69, 9.17) is 4.74 Å². The van der Waals surface area contributed by atoms with E-state index in [2.05, 4.69) is 12.2 Å². The second-order valence-corrected chi connectivity index (χ2v) is 6.60. The van der Waals surface area contributed by atoms with Crippen molar-refractivity contribution in [2.45, 2.75) is 51.4 Å². The predicted octanol–water partition coefficient (Wildman–Crippen LogP) is 3.18. The zero-order chi connectivity index (χ0) is 17.6. The molecule has 5 nitrogen and oxygen atoms in total. The van der Waals surface area contributed by atoms with E-state index in [0.717, 1.165) is 30.5 Å². The molecule has 1 N–H and O–H groups in total. The molecule has 2 heterocycles. The van der Waals surface area contributed by atoms with Crippen LogP contribution in [-0.4, -0.2) is 22.7 Å². The molecule has 2 aromatic rings. The molecule has 25 heavy (non-hydrogen) atoms. The second kappa shape index (κ2) is 8.12. The molecule has 132 valence electrons. The summed E-state index contributed by atoms with van der Waals surface area (Å²) >= 11 is 0. The predicted molar refractivity (Wildman–Crippen MR) is 97.7 cm³/mol. The van der Waals surface area contributed by atoms with Gasteiger partial charge in [0.15, 0.2) is 0 Å². The highest BCUT2D eigenvalue weighted by Crippen LogP contribution is 2.22. The highest BCUT2D eigenvalue weighted by atomic mass is 16.5. The van der Waals surface area contributed by atoms with Gasteiger partial charge in [0, 0.05) is 24.4 Å². The Hall–Kier alpha value is -2.40. The molecule has 5 heteroatoms. The van der Waals surface area contributed by atoms with Crippen LogP contribution in [0.25, 0.3) is 0 Å². The highest BCUT2D eigenvalue weighted by molar-refractivity contribution is 5.90. The number of ether oxygens (including phenoxy) is 1. The lowest BCUT2D eigenvalue weighted by molar-refractivity contribution is -0.116. The molecule has 1 aromatic heterocycles. The van der Waals surface area contributed by atoms with Crippen molar-refractivity contribution >= 4 is 11.6 Å². The lowest BCUT2D eigenvalue weighted by Gasteiger charge is -2.12. The first kappa shape index (κ1) is 17.4. The molecule has 1 amide bonds. The Balaban J connectivity index is 1.55. The number of nitrogens with one attached hydrogen (secondary N) is 1. The van der Waals surface area contributed by atoms with Crippen molar-refractivity contribution in [2.24, 2.45) is 0 Å². The molecule has 2 atom stereocenters. The van der Waals surface area contributed by atoms with Crippen LogP contribution in [-0.2, 0) is 16.1 Å². The van der Waals surface area contributed by atoms with E-state index in [-0.39, 0.29) is 17.6 Å². The summed E-state index contributed by atoms with van der Waals surface area (Å²) in [4.78, 5) is 24.0. The SMILES string of the molecule is CC1CCC(CCC(=O)Nc2cccc(Cn3ccccc3=O)c2)O1. The molecule has 1 aromatic carbocycles. The average Bonchev–Trinajstić information content (AvgIpc) is 3.01. The Bertz CT molecular complexity index is 784. The van der Waals surface area contributed by atoms with Gasteiger partial charge in [-0.3, -0.25) is 9.59 Å². The van der Waals surface area contributed by atoms with Crippen LogP contribution in [0.2, 0.25) is 0 Å². The van der Waals surface area contributed by atoms with Crippen molar-refractivity contribution in [3.63, 3.8) is 0 Å². The third kappa shape index (κ3) is 5.03. The van der Waals surface area contributed by atoms with Crippen LogP contribution in [0.4, 0.5) is 5.69 Å². The number of benzene rings is 1. The maximum Gasteiger partial charge on any atom is 0.250 e. The molecule has 0 bridgehead atoms. The Morgan fingerprint density at radius 3 is 2.88 bits per heavy atom. The van der Waals surface area contributed by atoms with Crippen molar-refractivity contribution in [1.82, 2.24) is 4.57 Å². The van der Waals surface area contributed by atoms with Crippen molar-refractivity contribution in [3.05, 3.63) is 64.6 Å². The van der Waals surface area contributed by atoms with Crippen molar-refractivity contribution in [2.75, 3.05) is 5.32 Å². The van der Waals surface area contributed by atoms with Crippen LogP contribution < -0.4 is 10.9 Å². The molecule has 3 rings (SSSR count). The third-order valence-electron chi connectivity index (χ3n) is 4.48. The topological polar surface area (TPSA) is 60.3 Å². The molecule has 1 aliphatic heterocycles. The number of aromatic nitrogens is 1. The first-order valence-electron chi connectivity index (χ1n) is 8.80. The zero-order valence-electron chi connectivity index (χ0n) is 14.5. The van der Waals surface area contributed by atoms with Gasteiger partial charge in [-0.05, 0) is 49.9 Å². The summed E-state index contributed by atoms with van der Waals surface area (Å²) in [6.45, 7) is 2.56. The Labute approximate surface area is 147 Å². The van der Waals surface area contributed by atoms with Crippen LogP contribution in [0, 0.1) is 0 Å². The van der Waals surface area contributed by atoms with Gasteiger partial charge in [-0.15, -0.1) is 0 Å². The van der Waals surface area contributed by atoms with Gasteiger partial charge in [-0.1, -0.05) is 18.2 Å². The van der Waals surface area contributed by atoms with E-state index < -0.39 is 0 Å². The number of carbonyl (C=O) groups is 1. The number of nitrogens with zero attached hydrogens (tertiary/aromatic N) is 1. The summed E-state index contributed by atoms with van der Waals surface area (Å²) in [6, 6.07) is 12.7. The molecule has 0 saturated carbocycles. The van der Waals surface area contributed by atoms with Gasteiger partial charge in [0.1, 0.15) is 0 Å². The molecule has 1 aliphatic rings. The van der Waals surface area contributed by atoms with Crippen molar-refractivity contribution in [1.29, 1.82) is 0 Å². The van der Waals surface area contributed by atoms with Gasteiger partial charge in [0.05, 0.1) is 18.8 Å². The Kier molecular flexibility index (Phi) is 5.66. The highest BCUT2D eigenvalue weighted by Gasteiger charge is 2.22. The summed E-state index contributed by atoms with van der Waals surface area (Å²) in [5, 5.41) is 2.94. The largest absolute Gasteiger partial charge is 0.375 e. The molecule has 1 fully saturated rings. The van der Waals surface area contributed by atoms with Gasteiger partial charge in [-0.2, -0.15) is 0 Å². The van der Waals surface area contributed by atoms with Crippen LogP contribution in [0.15, 0.2) is 53.5 Å². The van der Waals surface area contributed by atoms with Crippen LogP contribution in [0.5, 0.6) is 0 Å². The van der Waals surface area contributed by atoms with E-state index in [1.165, 1.54) is 6.07 Å². The smallest absolute Gasteiger partial charge is 0.250 e. The minimum Gasteiger partial charge on any atom is -0.375 e. The molecule has 0 radical (unpaired) electrons. The number of hydrogen-bond acceptors (Lipinski definition) is 3. The molecule has 0 aliphatic carbocycles. The van der Waals surface area contributed by atoms with Gasteiger partial charge < -0.3 is 14.6 Å². The van der Waals surface area contributed by atoms with Gasteiger partial charge in [0.25, 0.3) is 5.56 Å². The van der Waals surface area contributed by atoms with E-state index in [9.17, 15) is 9.59 Å². The quantitative estimate of drug-likeness (QED) is 0.878. The van der Waals surface area contributed by atoms with Crippen LogP contribution >= 0.6 is 0 Å². The van der Waals surface area contributed by atoms with E-state index in [1.807, 2.05) is 30.3 Å². The summed E-state index contributed by atoms with van der Waals surface area (Å²) in [5.74, 6) is -0.00261. The van der Waals surface area contributed by atoms with E-state index in [1.54, 1.807) is 16.8 Å². The van der Waals surface area contributed by atoms with Crippen molar-refractivity contribution in [3.8, 4) is 0 Å². The van der Waals surface area contributed by atoms with Crippen LogP contribution in [0.1, 0.15) is 38.2 Å². The lowest BCUT2D eigenvalue weighted by Crippen LogP contribution is -2.18. The standard InChI is InChI=1S/C20H24N2O3/c1-15-8-9-18(25-15)10-11-19(23)21-17-6-4-5-16(13-17)14-22-12-3-2-7-20(22)24/h2-7,12-13,15,18H,8-11,14H2,1H3,(H,21,23). The van der Waals surface area contributed by atoms with Gasteiger partial charge in [0.2, 0.25) is 5.91 Å². The maximum absolute atomic E-state index is 12.2. The minimum atomic E-state index is -0.0391. The Morgan fingerprint density at radius 1 is 1.24 bits per heavy atom. The number of pyridine rings is 1. The summed E-state index contributed by atoms with van der Waals surface area (Å²) in [6.07, 6.45) is 5.61. The zero-order valence-corrected chi connectivity index (χ0v) is 14.5. The maximum atomic E-state index is 12.2. The van der Waals surface area contributed by atoms with Gasteiger partial charge in [-0.25, -0.2) is 0 Å². The van der Waals surface area contributed by atoms with Crippen molar-refractivity contribution < 1.29 is 9.53 Å². The summed E-state index contributed by atoms with van der Waals surface area (Å²) < 4.78 is 7.38. The molecule has 2 unspecified atom stereocenters. The average molecular weight is 340 g/mol. The second-order valence-electron chi connectivity index (χ2n) is 6.60. The fraction of sp³-hybridized carbons (Fsp3) is 0.400. The number of anilines is 1. The Morgan fingerprint density at radius 2 is 2.12 bits per heavy atom. The number of rotatable bonds is 6. The van der Waals surface area contributed by atoms with Gasteiger partial charge >= 0.3 is 0 Å². The number of amides is 1. The number of hydrogen-bond donors (Lipinski definition) is 1. The summed E-state index contributed by atoms with van der Waals surface area (Å²) in [5.41, 5.74) is 1.69. The summed E-state index contributed by atoms with van der Waals surface area (Å²) in [7, 11) is 0. The molecular weight excluding hydrogens is 316 g/mol. The monoisotopic (exact) mass is 340 g/mol. The fourth-order valence-corrected chi connectivity index (χ4v) is 3.15. The first-order chi connectivity index (χ1) is 12.1. The fourth-order valence-electron chi connectivity index (χ4n) is 3.15. The third-order valence-corrected chi connectivity index (χ3v) is 4.48. The van der Waals surface area contributed by atoms with E-state index in [0.29, 0.717) is 19.1 Å². The first-order valence-corrected chi connectivity index (χ1v) is 8.80.